The molecule has 15 heavy (non-hydrogen) atoms. The smallest absolute Gasteiger partial charge is 0.126 e. The van der Waals surface area contributed by atoms with E-state index in [1.165, 1.54) is 17.6 Å². The summed E-state index contributed by atoms with van der Waals surface area (Å²) in [6.45, 7) is 4.11. The molecule has 0 spiro atoms. The van der Waals surface area contributed by atoms with Crippen LogP contribution >= 0.6 is 0 Å². The van der Waals surface area contributed by atoms with Gasteiger partial charge in [0.1, 0.15) is 5.82 Å². The van der Waals surface area contributed by atoms with Crippen LogP contribution in [0.15, 0.2) is 24.3 Å². The summed E-state index contributed by atoms with van der Waals surface area (Å²) < 4.78 is 13.1. The van der Waals surface area contributed by atoms with Crippen molar-refractivity contribution >= 4 is 5.57 Å². The lowest BCUT2D eigenvalue weighted by Crippen LogP contribution is -2.01. The molecule has 0 nitrogen and oxygen atoms in total. The van der Waals surface area contributed by atoms with Crippen LogP contribution in [0.1, 0.15) is 37.3 Å². The second-order valence-corrected chi connectivity index (χ2v) is 4.57. The minimum atomic E-state index is -0.108. The molecule has 0 aromatic heterocycles. The van der Waals surface area contributed by atoms with Crippen molar-refractivity contribution in [3.05, 3.63) is 41.2 Å². The van der Waals surface area contributed by atoms with Crippen molar-refractivity contribution in [2.75, 3.05) is 0 Å². The van der Waals surface area contributed by atoms with Gasteiger partial charge in [-0.3, -0.25) is 0 Å². The van der Waals surface area contributed by atoms with Gasteiger partial charge in [0.05, 0.1) is 0 Å². The van der Waals surface area contributed by atoms with Crippen LogP contribution in [0.25, 0.3) is 5.57 Å². The van der Waals surface area contributed by atoms with E-state index in [1.54, 1.807) is 6.07 Å². The van der Waals surface area contributed by atoms with Crippen molar-refractivity contribution in [2.45, 2.75) is 33.1 Å². The SMILES string of the molecule is Cc1cc(C2=CCC(C)CC2)ccc1F. The first-order chi connectivity index (χ1) is 7.16. The Hall–Kier alpha value is -1.11. The third-order valence-corrected chi connectivity index (χ3v) is 3.20. The molecule has 1 aromatic carbocycles. The zero-order chi connectivity index (χ0) is 10.8. The van der Waals surface area contributed by atoms with Gasteiger partial charge in [-0.1, -0.05) is 19.1 Å². The van der Waals surface area contributed by atoms with E-state index in [0.717, 1.165) is 24.3 Å². The maximum atomic E-state index is 13.1. The van der Waals surface area contributed by atoms with Gasteiger partial charge >= 0.3 is 0 Å². The fourth-order valence-electron chi connectivity index (χ4n) is 2.07. The summed E-state index contributed by atoms with van der Waals surface area (Å²) in [7, 11) is 0. The zero-order valence-electron chi connectivity index (χ0n) is 9.39. The fraction of sp³-hybridized carbons (Fsp3) is 0.429. The van der Waals surface area contributed by atoms with Gasteiger partial charge < -0.3 is 0 Å². The van der Waals surface area contributed by atoms with Crippen molar-refractivity contribution in [3.63, 3.8) is 0 Å². The van der Waals surface area contributed by atoms with Crippen LogP contribution in [-0.2, 0) is 0 Å². The van der Waals surface area contributed by atoms with Crippen molar-refractivity contribution in [3.8, 4) is 0 Å². The molecule has 1 unspecified atom stereocenters. The molecular formula is C14H17F. The number of aryl methyl sites for hydroxylation is 1. The molecule has 0 N–H and O–H groups in total. The summed E-state index contributed by atoms with van der Waals surface area (Å²) in [6, 6.07) is 5.42. The van der Waals surface area contributed by atoms with Crippen molar-refractivity contribution in [2.24, 2.45) is 5.92 Å². The average molecular weight is 204 g/mol. The van der Waals surface area contributed by atoms with Crippen LogP contribution in [0.2, 0.25) is 0 Å². The highest BCUT2D eigenvalue weighted by Gasteiger charge is 2.11. The first-order valence-corrected chi connectivity index (χ1v) is 5.62. The molecule has 0 aliphatic heterocycles. The van der Waals surface area contributed by atoms with Gasteiger partial charge in [0.2, 0.25) is 0 Å². The van der Waals surface area contributed by atoms with Crippen LogP contribution in [0.3, 0.4) is 0 Å². The lowest BCUT2D eigenvalue weighted by molar-refractivity contribution is 0.533. The van der Waals surface area contributed by atoms with Crippen LogP contribution < -0.4 is 0 Å². The highest BCUT2D eigenvalue weighted by atomic mass is 19.1. The minimum Gasteiger partial charge on any atom is -0.207 e. The Kier molecular flexibility index (Phi) is 2.90. The molecule has 1 heteroatoms. The Labute approximate surface area is 90.8 Å². The van der Waals surface area contributed by atoms with E-state index < -0.39 is 0 Å². The Morgan fingerprint density at radius 3 is 2.73 bits per heavy atom. The molecule has 1 atom stereocenters. The highest BCUT2D eigenvalue weighted by Crippen LogP contribution is 2.30. The molecule has 0 saturated heterocycles. The number of halogens is 1. The minimum absolute atomic E-state index is 0.108. The molecule has 1 aliphatic carbocycles. The molecule has 2 rings (SSSR count). The fourth-order valence-corrected chi connectivity index (χ4v) is 2.07. The molecule has 0 fully saturated rings. The zero-order valence-corrected chi connectivity index (χ0v) is 9.39. The first-order valence-electron chi connectivity index (χ1n) is 5.62. The summed E-state index contributed by atoms with van der Waals surface area (Å²) in [4.78, 5) is 0. The van der Waals surface area contributed by atoms with Crippen LogP contribution in [0, 0.1) is 18.7 Å². The molecule has 0 bridgehead atoms. The van der Waals surface area contributed by atoms with E-state index in [2.05, 4.69) is 13.0 Å². The van der Waals surface area contributed by atoms with E-state index in [-0.39, 0.29) is 5.82 Å². The predicted octanol–water partition coefficient (Wildman–Crippen LogP) is 4.34. The van der Waals surface area contributed by atoms with E-state index in [4.69, 9.17) is 0 Å². The quantitative estimate of drug-likeness (QED) is 0.638. The van der Waals surface area contributed by atoms with Crippen molar-refractivity contribution in [1.82, 2.24) is 0 Å². The molecule has 0 radical (unpaired) electrons. The van der Waals surface area contributed by atoms with Gasteiger partial charge in [0.25, 0.3) is 0 Å². The van der Waals surface area contributed by atoms with Crippen molar-refractivity contribution in [1.29, 1.82) is 0 Å². The molecular weight excluding hydrogens is 187 g/mol. The first kappa shape index (κ1) is 10.4. The third kappa shape index (κ3) is 2.28. The Morgan fingerprint density at radius 2 is 2.13 bits per heavy atom. The van der Waals surface area contributed by atoms with Gasteiger partial charge in [-0.2, -0.15) is 0 Å². The summed E-state index contributed by atoms with van der Waals surface area (Å²) in [5.74, 6) is 0.693. The maximum Gasteiger partial charge on any atom is 0.126 e. The van der Waals surface area contributed by atoms with E-state index in [1.807, 2.05) is 19.1 Å². The average Bonchev–Trinajstić information content (AvgIpc) is 2.23. The molecule has 1 aromatic rings. The Balaban J connectivity index is 2.26. The molecule has 0 saturated carbocycles. The summed E-state index contributed by atoms with van der Waals surface area (Å²) >= 11 is 0. The lowest BCUT2D eigenvalue weighted by Gasteiger charge is -2.18. The van der Waals surface area contributed by atoms with Gasteiger partial charge in [-0.25, -0.2) is 4.39 Å². The second-order valence-electron chi connectivity index (χ2n) is 4.57. The van der Waals surface area contributed by atoms with Crippen LogP contribution in [0.5, 0.6) is 0 Å². The number of benzene rings is 1. The van der Waals surface area contributed by atoms with E-state index in [9.17, 15) is 4.39 Å². The number of hydrogen-bond acceptors (Lipinski definition) is 0. The van der Waals surface area contributed by atoms with Crippen molar-refractivity contribution < 1.29 is 4.39 Å². The standard InChI is InChI=1S/C14H17F/c1-10-3-5-12(6-4-10)13-7-8-14(15)11(2)9-13/h5,7-10H,3-4,6H2,1-2H3. The van der Waals surface area contributed by atoms with Gasteiger partial charge in [-0.15, -0.1) is 0 Å². The van der Waals surface area contributed by atoms with Gasteiger partial charge in [0, 0.05) is 0 Å². The molecule has 0 heterocycles. The second kappa shape index (κ2) is 4.18. The monoisotopic (exact) mass is 204 g/mol. The van der Waals surface area contributed by atoms with Crippen LogP contribution in [-0.4, -0.2) is 0 Å². The van der Waals surface area contributed by atoms with Crippen LogP contribution in [0.4, 0.5) is 4.39 Å². The summed E-state index contributed by atoms with van der Waals surface area (Å²) in [5, 5.41) is 0. The molecule has 1 aliphatic rings. The molecule has 0 amide bonds. The predicted molar refractivity (Wildman–Crippen MR) is 62.1 cm³/mol. The highest BCUT2D eigenvalue weighted by molar-refractivity contribution is 5.66. The Morgan fingerprint density at radius 1 is 1.33 bits per heavy atom. The summed E-state index contributed by atoms with van der Waals surface area (Å²) in [5.41, 5.74) is 3.32. The normalized spacial score (nSPS) is 21.3. The lowest BCUT2D eigenvalue weighted by atomic mass is 9.87. The van der Waals surface area contributed by atoms with Gasteiger partial charge in [-0.05, 0) is 60.9 Å². The number of hydrogen-bond donors (Lipinski definition) is 0. The molecule has 80 valence electrons. The number of rotatable bonds is 1. The van der Waals surface area contributed by atoms with E-state index in [0.29, 0.717) is 0 Å². The largest absolute Gasteiger partial charge is 0.207 e. The van der Waals surface area contributed by atoms with E-state index >= 15 is 0 Å². The maximum absolute atomic E-state index is 13.1. The third-order valence-electron chi connectivity index (χ3n) is 3.20. The number of allylic oxidation sites excluding steroid dienone is 2. The summed E-state index contributed by atoms with van der Waals surface area (Å²) in [6.07, 6.45) is 5.85. The Bertz CT molecular complexity index is 390. The topological polar surface area (TPSA) is 0 Å². The van der Waals surface area contributed by atoms with Gasteiger partial charge in [0.15, 0.2) is 0 Å².